The quantitative estimate of drug-likeness (QED) is 0.685. The van der Waals surface area contributed by atoms with Gasteiger partial charge in [-0.25, -0.2) is 0 Å². The van der Waals surface area contributed by atoms with Crippen molar-refractivity contribution in [3.8, 4) is 11.8 Å². The first kappa shape index (κ1) is 18.7. The van der Waals surface area contributed by atoms with E-state index in [1.54, 1.807) is 24.3 Å². The molecule has 27 heavy (non-hydrogen) atoms. The van der Waals surface area contributed by atoms with Crippen LogP contribution < -0.4 is 15.6 Å². The molecule has 6 nitrogen and oxygen atoms in total. The second-order valence-electron chi connectivity index (χ2n) is 5.86. The Kier molecular flexibility index (Phi) is 5.28. The second-order valence-corrected chi connectivity index (χ2v) is 7.08. The van der Waals surface area contributed by atoms with Gasteiger partial charge in [-0.3, -0.25) is 10.2 Å². The van der Waals surface area contributed by atoms with Crippen LogP contribution in [0.1, 0.15) is 40.2 Å². The first-order chi connectivity index (χ1) is 13.0. The fraction of sp³-hybridized carbons (Fsp3) is 0.250. The molecule has 7 heteroatoms. The number of amides is 1. The molecule has 0 saturated carbocycles. The summed E-state index contributed by atoms with van der Waals surface area (Å²) in [5.41, 5.74) is 1.70. The lowest BCUT2D eigenvalue weighted by Crippen LogP contribution is -2.20. The number of para-hydroxylation sites is 1. The largest absolute Gasteiger partial charge is 0.490 e. The highest BCUT2D eigenvalue weighted by atomic mass is 32.1. The summed E-state index contributed by atoms with van der Waals surface area (Å²) >= 11 is 1.37. The van der Waals surface area contributed by atoms with Crippen LogP contribution >= 0.6 is 11.3 Å². The molecule has 2 heterocycles. The van der Waals surface area contributed by atoms with Gasteiger partial charge in [0.05, 0.1) is 12.2 Å². The summed E-state index contributed by atoms with van der Waals surface area (Å²) in [5.74, 6) is 0.0524. The molecule has 1 amide bonds. The van der Waals surface area contributed by atoms with E-state index in [4.69, 9.17) is 14.6 Å². The number of ether oxygens (including phenoxy) is 1. The zero-order valence-corrected chi connectivity index (χ0v) is 16.1. The predicted molar refractivity (Wildman–Crippen MR) is 104 cm³/mol. The Morgan fingerprint density at radius 1 is 1.41 bits per heavy atom. The third kappa shape index (κ3) is 3.44. The van der Waals surface area contributed by atoms with Gasteiger partial charge in [0.2, 0.25) is 5.55 Å². The summed E-state index contributed by atoms with van der Waals surface area (Å²) in [7, 11) is 0. The van der Waals surface area contributed by atoms with E-state index in [1.807, 2.05) is 20.8 Å². The molecule has 0 atom stereocenters. The third-order valence-corrected chi connectivity index (χ3v) is 5.27. The molecule has 0 fully saturated rings. The maximum absolute atomic E-state index is 12.7. The minimum absolute atomic E-state index is 0.101. The third-order valence-electron chi connectivity index (χ3n) is 4.20. The van der Waals surface area contributed by atoms with Crippen LogP contribution in [0.3, 0.4) is 0 Å². The first-order valence-corrected chi connectivity index (χ1v) is 9.39. The second kappa shape index (κ2) is 7.64. The van der Waals surface area contributed by atoms with E-state index in [2.05, 4.69) is 11.4 Å². The Hall–Kier alpha value is -3.11. The van der Waals surface area contributed by atoms with Crippen molar-refractivity contribution in [3.63, 3.8) is 0 Å². The van der Waals surface area contributed by atoms with Gasteiger partial charge < -0.3 is 14.5 Å². The van der Waals surface area contributed by atoms with Crippen LogP contribution in [-0.4, -0.2) is 12.5 Å². The molecule has 2 aromatic heterocycles. The highest BCUT2D eigenvalue weighted by Gasteiger charge is 2.19. The Labute approximate surface area is 160 Å². The van der Waals surface area contributed by atoms with Gasteiger partial charge in [0.15, 0.2) is 11.3 Å². The topological polar surface area (TPSA) is 99.1 Å². The van der Waals surface area contributed by atoms with Crippen LogP contribution in [0.5, 0.6) is 5.75 Å². The van der Waals surface area contributed by atoms with Crippen molar-refractivity contribution in [1.29, 1.82) is 10.7 Å². The lowest BCUT2D eigenvalue weighted by molar-refractivity contribution is 0.102. The number of rotatable bonds is 5. The van der Waals surface area contributed by atoms with Crippen molar-refractivity contribution in [2.24, 2.45) is 0 Å². The average Bonchev–Trinajstić information content (AvgIpc) is 2.95. The Bertz CT molecular complexity index is 1120. The van der Waals surface area contributed by atoms with Gasteiger partial charge in [0.1, 0.15) is 16.6 Å². The number of nitrogens with zero attached hydrogens (tertiary/aromatic N) is 1. The predicted octanol–water partition coefficient (Wildman–Crippen LogP) is 4.37. The number of hydrogen-bond donors (Lipinski definition) is 2. The number of aryl methyl sites for hydroxylation is 1. The molecule has 3 aromatic rings. The van der Waals surface area contributed by atoms with E-state index in [1.165, 1.54) is 11.3 Å². The number of carbonyl (C=O) groups excluding carboxylic acids is 1. The molecule has 0 aliphatic carbocycles. The van der Waals surface area contributed by atoms with Gasteiger partial charge in [-0.05, 0) is 38.0 Å². The number of fused-ring (bicyclic) bond motifs is 1. The van der Waals surface area contributed by atoms with E-state index in [0.717, 1.165) is 16.9 Å². The highest BCUT2D eigenvalue weighted by molar-refractivity contribution is 7.16. The molecule has 138 valence electrons. The van der Waals surface area contributed by atoms with Gasteiger partial charge >= 0.3 is 0 Å². The van der Waals surface area contributed by atoms with E-state index < -0.39 is 5.91 Å². The van der Waals surface area contributed by atoms with Gasteiger partial charge in [0.25, 0.3) is 5.91 Å². The number of carbonyl (C=O) groups is 1. The number of thiophene rings is 1. The van der Waals surface area contributed by atoms with E-state index in [-0.39, 0.29) is 11.1 Å². The summed E-state index contributed by atoms with van der Waals surface area (Å²) in [5, 5.41) is 21.5. The van der Waals surface area contributed by atoms with Gasteiger partial charge in [-0.2, -0.15) is 5.26 Å². The van der Waals surface area contributed by atoms with Gasteiger partial charge in [0, 0.05) is 10.3 Å². The first-order valence-electron chi connectivity index (χ1n) is 8.58. The Balaban J connectivity index is 2.01. The minimum atomic E-state index is -0.479. The lowest BCUT2D eigenvalue weighted by Gasteiger charge is -2.08. The molecule has 0 saturated heterocycles. The lowest BCUT2D eigenvalue weighted by atomic mass is 10.1. The molecule has 0 spiro atoms. The van der Waals surface area contributed by atoms with Crippen molar-refractivity contribution in [3.05, 3.63) is 51.4 Å². The number of anilines is 1. The Morgan fingerprint density at radius 3 is 2.85 bits per heavy atom. The summed E-state index contributed by atoms with van der Waals surface area (Å²) < 4.78 is 11.1. The normalized spacial score (nSPS) is 10.6. The molecule has 0 aliphatic heterocycles. The molecule has 0 aliphatic rings. The van der Waals surface area contributed by atoms with Crippen LogP contribution in [-0.2, 0) is 6.42 Å². The molecular formula is C20H19N3O3S. The van der Waals surface area contributed by atoms with Crippen LogP contribution in [0.4, 0.5) is 5.00 Å². The molecular weight excluding hydrogens is 362 g/mol. The van der Waals surface area contributed by atoms with Crippen LogP contribution in [0.15, 0.2) is 28.7 Å². The number of hydrogen-bond acceptors (Lipinski definition) is 6. The summed E-state index contributed by atoms with van der Waals surface area (Å²) in [6.45, 7) is 6.24. The standard InChI is InChI=1S/C20H19N3O3S/c1-4-13-11(3)27-20(15(13)10-21)23-19(24)14-9-12-7-6-8-16(25-5-2)17(12)26-18(14)22/h6-9,22H,4-5H2,1-3H3,(H,23,24). The highest BCUT2D eigenvalue weighted by Crippen LogP contribution is 2.33. The Morgan fingerprint density at radius 2 is 2.19 bits per heavy atom. The zero-order valence-electron chi connectivity index (χ0n) is 15.3. The maximum Gasteiger partial charge on any atom is 0.261 e. The minimum Gasteiger partial charge on any atom is -0.490 e. The van der Waals surface area contributed by atoms with Gasteiger partial charge in [-0.1, -0.05) is 19.1 Å². The molecule has 0 radical (unpaired) electrons. The fourth-order valence-electron chi connectivity index (χ4n) is 2.95. The molecule has 0 bridgehead atoms. The van der Waals surface area contributed by atoms with E-state index >= 15 is 0 Å². The van der Waals surface area contributed by atoms with Crippen molar-refractivity contribution in [1.82, 2.24) is 0 Å². The molecule has 3 rings (SSSR count). The summed E-state index contributed by atoms with van der Waals surface area (Å²) in [4.78, 5) is 13.7. The van der Waals surface area contributed by atoms with Crippen molar-refractivity contribution < 1.29 is 13.9 Å². The maximum atomic E-state index is 12.7. The van der Waals surface area contributed by atoms with Gasteiger partial charge in [-0.15, -0.1) is 11.3 Å². The van der Waals surface area contributed by atoms with Crippen LogP contribution in [0, 0.1) is 23.7 Å². The number of benzene rings is 1. The smallest absolute Gasteiger partial charge is 0.261 e. The summed E-state index contributed by atoms with van der Waals surface area (Å²) in [6.07, 6.45) is 0.719. The fourth-order valence-corrected chi connectivity index (χ4v) is 4.04. The molecule has 2 N–H and O–H groups in total. The average molecular weight is 381 g/mol. The van der Waals surface area contributed by atoms with Crippen molar-refractivity contribution in [2.75, 3.05) is 11.9 Å². The van der Waals surface area contributed by atoms with Crippen molar-refractivity contribution >= 4 is 33.2 Å². The van der Waals surface area contributed by atoms with Crippen molar-refractivity contribution in [2.45, 2.75) is 27.2 Å². The molecule has 0 unspecified atom stereocenters. The number of nitriles is 1. The monoisotopic (exact) mass is 381 g/mol. The molecule has 1 aromatic carbocycles. The van der Waals surface area contributed by atoms with E-state index in [0.29, 0.717) is 33.9 Å². The van der Waals surface area contributed by atoms with Crippen LogP contribution in [0.25, 0.3) is 11.0 Å². The SMILES string of the molecule is CCOc1cccc2cc(C(=O)Nc3sc(C)c(CC)c3C#N)c(=N)oc12. The summed E-state index contributed by atoms with van der Waals surface area (Å²) in [6, 6.07) is 9.13. The zero-order chi connectivity index (χ0) is 19.6. The van der Waals surface area contributed by atoms with Crippen LogP contribution in [0.2, 0.25) is 0 Å². The number of nitrogens with one attached hydrogen (secondary N) is 2. The van der Waals surface area contributed by atoms with E-state index in [9.17, 15) is 10.1 Å².